The lowest BCUT2D eigenvalue weighted by atomic mass is 9.85. The van der Waals surface area contributed by atoms with Crippen LogP contribution in [-0.2, 0) is 14.4 Å². The summed E-state index contributed by atoms with van der Waals surface area (Å²) in [4.78, 5) is 43.4. The maximum atomic E-state index is 13.9. The molecule has 3 aliphatic rings. The number of amides is 3. The van der Waals surface area contributed by atoms with E-state index >= 15 is 0 Å². The van der Waals surface area contributed by atoms with Gasteiger partial charge in [-0.2, -0.15) is 0 Å². The highest BCUT2D eigenvalue weighted by Crippen LogP contribution is 2.53. The number of rotatable bonds is 9. The molecule has 8 nitrogen and oxygen atoms in total. The Hall–Kier alpha value is -2.19. The van der Waals surface area contributed by atoms with Gasteiger partial charge in [-0.05, 0) is 57.4 Å². The van der Waals surface area contributed by atoms with Crippen molar-refractivity contribution in [1.82, 2.24) is 20.4 Å². The molecule has 0 aromatic carbocycles. The lowest BCUT2D eigenvalue weighted by Crippen LogP contribution is -2.59. The number of nitrogens with one attached hydrogen (secondary N) is 2. The van der Waals surface area contributed by atoms with Crippen molar-refractivity contribution in [2.24, 2.45) is 17.1 Å². The van der Waals surface area contributed by atoms with E-state index in [2.05, 4.69) is 35.8 Å². The van der Waals surface area contributed by atoms with E-state index in [1.807, 2.05) is 30.6 Å². The van der Waals surface area contributed by atoms with E-state index in [0.29, 0.717) is 19.0 Å². The number of carbonyl (C=O) groups excluding carboxylic acids is 3. The Morgan fingerprint density at radius 3 is 2.63 bits per heavy atom. The number of nitrogens with zero attached hydrogens (tertiary/aromatic N) is 2. The summed E-state index contributed by atoms with van der Waals surface area (Å²) in [6.45, 7) is 11.2. The molecule has 4 N–H and O–H groups in total. The highest BCUT2D eigenvalue weighted by atomic mass is 16.2. The molecule has 2 unspecified atom stereocenters. The molecule has 1 spiro atoms. The van der Waals surface area contributed by atoms with Crippen LogP contribution in [0.4, 0.5) is 0 Å². The van der Waals surface area contributed by atoms with Gasteiger partial charge >= 0.3 is 0 Å². The molecule has 2 aliphatic carbocycles. The summed E-state index contributed by atoms with van der Waals surface area (Å²) in [7, 11) is 1.73. The second-order valence-electron chi connectivity index (χ2n) is 11.6. The van der Waals surface area contributed by atoms with Gasteiger partial charge in [0, 0.05) is 13.1 Å². The highest BCUT2D eigenvalue weighted by Gasteiger charge is 2.65. The zero-order valence-electron chi connectivity index (χ0n) is 22.4. The van der Waals surface area contributed by atoms with E-state index < -0.39 is 17.5 Å². The summed E-state index contributed by atoms with van der Waals surface area (Å²) in [5.41, 5.74) is 6.36. The second kappa shape index (κ2) is 10.8. The first-order valence-electron chi connectivity index (χ1n) is 13.1. The second-order valence-corrected chi connectivity index (χ2v) is 11.6. The number of hydrogen-bond acceptors (Lipinski definition) is 5. The van der Waals surface area contributed by atoms with Crippen molar-refractivity contribution in [1.29, 1.82) is 0 Å². The van der Waals surface area contributed by atoms with Crippen LogP contribution in [0.25, 0.3) is 0 Å². The van der Waals surface area contributed by atoms with Gasteiger partial charge in [0.05, 0.1) is 24.2 Å². The van der Waals surface area contributed by atoms with Crippen molar-refractivity contribution < 1.29 is 14.4 Å². The zero-order valence-corrected chi connectivity index (χ0v) is 22.4. The van der Waals surface area contributed by atoms with Crippen LogP contribution in [0.3, 0.4) is 0 Å². The van der Waals surface area contributed by atoms with Crippen molar-refractivity contribution in [2.75, 3.05) is 26.7 Å². The minimum atomic E-state index is -0.638. The van der Waals surface area contributed by atoms with Gasteiger partial charge in [0.1, 0.15) is 6.04 Å². The highest BCUT2D eigenvalue weighted by molar-refractivity contribution is 5.91. The van der Waals surface area contributed by atoms with E-state index in [-0.39, 0.29) is 35.8 Å². The van der Waals surface area contributed by atoms with E-state index in [0.717, 1.165) is 32.1 Å². The molecule has 0 radical (unpaired) electrons. The van der Waals surface area contributed by atoms with Crippen LogP contribution < -0.4 is 16.4 Å². The van der Waals surface area contributed by atoms with Gasteiger partial charge in [-0.15, -0.1) is 0 Å². The fourth-order valence-electron chi connectivity index (χ4n) is 5.61. The normalized spacial score (nSPS) is 27.4. The van der Waals surface area contributed by atoms with Crippen LogP contribution in [0.5, 0.6) is 0 Å². The van der Waals surface area contributed by atoms with Crippen molar-refractivity contribution in [3.8, 4) is 0 Å². The molecular weight excluding hydrogens is 442 g/mol. The minimum absolute atomic E-state index is 0.0207. The molecule has 35 heavy (non-hydrogen) atoms. The summed E-state index contributed by atoms with van der Waals surface area (Å²) < 4.78 is 0. The summed E-state index contributed by atoms with van der Waals surface area (Å²) in [5, 5.41) is 5.94. The standard InChI is InChI=1S/C27H45N5O3/c1-18-10-7-8-11-20(18)12-15-31(22(33)17-28)21-16-27(21)13-9-14-32(27)25(35)23(26(3,4)5)30-24(34)19(2)29-6/h7-8,11,18-19,21,23,29H,9-10,12-17,28H2,1-6H3,(H,30,34)/t18?,19-,21-,23+,27?/m0/s1. The molecule has 1 saturated heterocycles. The number of allylic oxidation sites excluding steroid dienone is 3. The molecule has 2 fully saturated rings. The molecule has 3 amide bonds. The first kappa shape index (κ1) is 27.4. The first-order valence-corrected chi connectivity index (χ1v) is 13.1. The predicted molar refractivity (Wildman–Crippen MR) is 138 cm³/mol. The van der Waals surface area contributed by atoms with Crippen LogP contribution in [0.1, 0.15) is 66.7 Å². The third kappa shape index (κ3) is 5.80. The third-order valence-electron chi connectivity index (χ3n) is 8.11. The molecule has 3 rings (SSSR count). The lowest BCUT2D eigenvalue weighted by Gasteiger charge is -2.38. The monoisotopic (exact) mass is 487 g/mol. The minimum Gasteiger partial charge on any atom is -0.342 e. The Morgan fingerprint density at radius 1 is 1.31 bits per heavy atom. The number of hydrogen-bond donors (Lipinski definition) is 3. The Bertz CT molecular complexity index is 877. The molecule has 8 heteroatoms. The first-order chi connectivity index (χ1) is 16.5. The largest absolute Gasteiger partial charge is 0.342 e. The molecule has 1 aliphatic heterocycles. The molecule has 0 aromatic rings. The zero-order chi connectivity index (χ0) is 26.0. The maximum absolute atomic E-state index is 13.9. The van der Waals surface area contributed by atoms with E-state index in [4.69, 9.17) is 5.73 Å². The maximum Gasteiger partial charge on any atom is 0.246 e. The molecule has 1 saturated carbocycles. The van der Waals surface area contributed by atoms with Crippen molar-refractivity contribution in [3.63, 3.8) is 0 Å². The Labute approximate surface area is 210 Å². The number of carbonyl (C=O) groups is 3. The van der Waals surface area contributed by atoms with Crippen molar-refractivity contribution in [2.45, 2.75) is 90.4 Å². The van der Waals surface area contributed by atoms with Gasteiger partial charge in [0.25, 0.3) is 0 Å². The third-order valence-corrected chi connectivity index (χ3v) is 8.11. The average molecular weight is 488 g/mol. The van der Waals surface area contributed by atoms with E-state index in [1.165, 1.54) is 5.57 Å². The Morgan fingerprint density at radius 2 is 2.03 bits per heavy atom. The van der Waals surface area contributed by atoms with E-state index in [1.54, 1.807) is 14.0 Å². The van der Waals surface area contributed by atoms with Crippen LogP contribution in [0.15, 0.2) is 23.8 Å². The van der Waals surface area contributed by atoms with E-state index in [9.17, 15) is 14.4 Å². The smallest absolute Gasteiger partial charge is 0.246 e. The van der Waals surface area contributed by atoms with Gasteiger partial charge in [-0.25, -0.2) is 0 Å². The molecule has 0 bridgehead atoms. The summed E-state index contributed by atoms with van der Waals surface area (Å²) in [6, 6.07) is -1.05. The van der Waals surface area contributed by atoms with Gasteiger partial charge < -0.3 is 26.2 Å². The van der Waals surface area contributed by atoms with Crippen molar-refractivity contribution in [3.05, 3.63) is 23.8 Å². The van der Waals surface area contributed by atoms with Crippen LogP contribution in [-0.4, -0.2) is 77.9 Å². The van der Waals surface area contributed by atoms with Crippen LogP contribution >= 0.6 is 0 Å². The summed E-state index contributed by atoms with van der Waals surface area (Å²) in [5.74, 6) is 0.172. The fraction of sp³-hybridized carbons (Fsp3) is 0.741. The van der Waals surface area contributed by atoms with Gasteiger partial charge in [0.2, 0.25) is 17.7 Å². The quantitative estimate of drug-likeness (QED) is 0.461. The van der Waals surface area contributed by atoms with Gasteiger partial charge in [0.15, 0.2) is 0 Å². The molecule has 196 valence electrons. The average Bonchev–Trinajstić information content (AvgIpc) is 3.36. The molecular formula is C27H45N5O3. The van der Waals surface area contributed by atoms with Crippen LogP contribution in [0.2, 0.25) is 0 Å². The van der Waals surface area contributed by atoms with Crippen molar-refractivity contribution >= 4 is 17.7 Å². The summed E-state index contributed by atoms with van der Waals surface area (Å²) in [6.07, 6.45) is 10.8. The van der Waals surface area contributed by atoms with Gasteiger partial charge in [-0.3, -0.25) is 14.4 Å². The molecule has 0 aromatic heterocycles. The van der Waals surface area contributed by atoms with Crippen LogP contribution in [0, 0.1) is 11.3 Å². The summed E-state index contributed by atoms with van der Waals surface area (Å²) >= 11 is 0. The fourth-order valence-corrected chi connectivity index (χ4v) is 5.61. The SMILES string of the molecule is CN[C@@H](C)C(=O)N[C@H](C(=O)N1CCCC12C[C@@H]2N(CCC1=CC=CCC1C)C(=O)CN)C(C)(C)C. The number of nitrogens with two attached hydrogens (primary N) is 1. The lowest BCUT2D eigenvalue weighted by molar-refractivity contribution is -0.142. The molecule has 1 heterocycles. The Kier molecular flexibility index (Phi) is 8.48. The number of likely N-dealkylation sites (N-methyl/N-ethyl adjacent to an activating group) is 1. The molecule has 5 atom stereocenters. The van der Waals surface area contributed by atoms with Gasteiger partial charge in [-0.1, -0.05) is 51.5 Å². The predicted octanol–water partition coefficient (Wildman–Crippen LogP) is 1.96. The Balaban J connectivity index is 1.78. The topological polar surface area (TPSA) is 108 Å². The number of likely N-dealkylation sites (tertiary alicyclic amines) is 1.